The molecule has 2 aromatic carbocycles. The molecule has 2 aromatic heterocycles. The van der Waals surface area contributed by atoms with Crippen molar-refractivity contribution in [3.63, 3.8) is 0 Å². The van der Waals surface area contributed by atoms with Gasteiger partial charge in [-0.05, 0) is 56.7 Å². The molecule has 0 spiro atoms. The average Bonchev–Trinajstić information content (AvgIpc) is 2.76. The van der Waals surface area contributed by atoms with Crippen LogP contribution in [0, 0.1) is 26.6 Å². The van der Waals surface area contributed by atoms with E-state index < -0.39 is 31.9 Å². The number of hydrogen-bond acceptors (Lipinski definition) is 5. The average molecular weight is 480 g/mol. The number of amides is 1. The molecule has 0 fully saturated rings. The molecule has 34 heavy (non-hydrogen) atoms. The largest absolute Gasteiger partial charge is 0.322 e. The molecule has 9 heteroatoms. The Morgan fingerprint density at radius 3 is 2.47 bits per heavy atom. The number of pyridine rings is 2. The van der Waals surface area contributed by atoms with E-state index >= 15 is 0 Å². The van der Waals surface area contributed by atoms with Crippen LogP contribution in [0.1, 0.15) is 16.8 Å². The lowest BCUT2D eigenvalue weighted by atomic mass is 10.2. The number of para-hydroxylation sites is 1. The van der Waals surface area contributed by atoms with Gasteiger partial charge in [-0.25, -0.2) is 17.8 Å². The Hall–Kier alpha value is -3.85. The predicted molar refractivity (Wildman–Crippen MR) is 127 cm³/mol. The number of aromatic nitrogens is 2. The fraction of sp³-hybridized carbons (Fsp3) is 0.160. The molecule has 7 nitrogen and oxygen atoms in total. The lowest BCUT2D eigenvalue weighted by Crippen LogP contribution is -2.25. The van der Waals surface area contributed by atoms with Crippen LogP contribution in [-0.2, 0) is 21.2 Å². The summed E-state index contributed by atoms with van der Waals surface area (Å²) in [5, 5.41) is 2.53. The van der Waals surface area contributed by atoms with E-state index in [2.05, 4.69) is 10.3 Å². The second-order valence-corrected chi connectivity index (χ2v) is 9.96. The van der Waals surface area contributed by atoms with Gasteiger partial charge in [0.1, 0.15) is 22.9 Å². The smallest absolute Gasteiger partial charge is 0.244 e. The maximum atomic E-state index is 14.0. The third-order valence-electron chi connectivity index (χ3n) is 5.40. The first-order valence-electron chi connectivity index (χ1n) is 10.5. The highest BCUT2D eigenvalue weighted by Gasteiger charge is 2.26. The summed E-state index contributed by atoms with van der Waals surface area (Å²) in [5.41, 5.74) is 1.42. The number of fused-ring (bicyclic) bond motifs is 1. The molecule has 0 saturated heterocycles. The summed E-state index contributed by atoms with van der Waals surface area (Å²) < 4.78 is 42.2. The number of benzene rings is 2. The zero-order valence-electron chi connectivity index (χ0n) is 18.8. The van der Waals surface area contributed by atoms with Gasteiger partial charge in [0, 0.05) is 11.9 Å². The molecule has 0 aliphatic heterocycles. The van der Waals surface area contributed by atoms with Crippen molar-refractivity contribution in [1.29, 1.82) is 0 Å². The van der Waals surface area contributed by atoms with E-state index in [-0.39, 0.29) is 28.2 Å². The third kappa shape index (κ3) is 4.34. The molecule has 4 aromatic rings. The quantitative estimate of drug-likeness (QED) is 0.468. The van der Waals surface area contributed by atoms with Crippen molar-refractivity contribution in [3.8, 4) is 0 Å². The monoisotopic (exact) mass is 479 g/mol. The van der Waals surface area contributed by atoms with Crippen molar-refractivity contribution in [3.05, 3.63) is 93.7 Å². The number of halogens is 1. The van der Waals surface area contributed by atoms with Crippen LogP contribution in [0.15, 0.2) is 75.4 Å². The number of nitrogens with zero attached hydrogens (tertiary/aromatic N) is 2. The fourth-order valence-corrected chi connectivity index (χ4v) is 5.36. The number of nitrogens with one attached hydrogen (secondary N) is 1. The van der Waals surface area contributed by atoms with Gasteiger partial charge in [-0.1, -0.05) is 29.8 Å². The minimum atomic E-state index is -4.20. The first-order chi connectivity index (χ1) is 16.1. The first kappa shape index (κ1) is 23.3. The number of carbonyl (C=O) groups is 1. The van der Waals surface area contributed by atoms with Gasteiger partial charge in [0.25, 0.3) is 0 Å². The lowest BCUT2D eigenvalue weighted by molar-refractivity contribution is -0.116. The van der Waals surface area contributed by atoms with Crippen molar-refractivity contribution in [2.45, 2.75) is 37.1 Å². The van der Waals surface area contributed by atoms with Gasteiger partial charge in [-0.3, -0.25) is 9.59 Å². The SMILES string of the molecule is Cc1ccc(S(=O)(=O)c2cn(CC(=O)Nc3ccccc3F)c3nc(C)ccc3c2=O)c(C)c1. The van der Waals surface area contributed by atoms with E-state index in [1.54, 1.807) is 38.1 Å². The maximum absolute atomic E-state index is 14.0. The summed E-state index contributed by atoms with van der Waals surface area (Å²) in [6.45, 7) is 4.84. The summed E-state index contributed by atoms with van der Waals surface area (Å²) in [4.78, 5) is 29.8. The molecule has 0 radical (unpaired) electrons. The second-order valence-electron chi connectivity index (χ2n) is 8.07. The Morgan fingerprint density at radius 2 is 1.76 bits per heavy atom. The zero-order valence-corrected chi connectivity index (χ0v) is 19.6. The minimum Gasteiger partial charge on any atom is -0.322 e. The maximum Gasteiger partial charge on any atom is 0.244 e. The van der Waals surface area contributed by atoms with Gasteiger partial charge in [-0.15, -0.1) is 0 Å². The molecule has 4 rings (SSSR count). The van der Waals surface area contributed by atoms with Gasteiger partial charge in [0.15, 0.2) is 0 Å². The van der Waals surface area contributed by atoms with Crippen molar-refractivity contribution in [2.24, 2.45) is 0 Å². The molecule has 1 N–H and O–H groups in total. The number of aryl methyl sites for hydroxylation is 3. The van der Waals surface area contributed by atoms with Crippen LogP contribution in [0.2, 0.25) is 0 Å². The van der Waals surface area contributed by atoms with Gasteiger partial charge in [0.05, 0.1) is 16.0 Å². The molecule has 0 saturated carbocycles. The summed E-state index contributed by atoms with van der Waals surface area (Å²) in [6, 6.07) is 13.6. The Balaban J connectivity index is 1.86. The topological polar surface area (TPSA) is 98.1 Å². The Bertz CT molecular complexity index is 1610. The van der Waals surface area contributed by atoms with E-state index in [1.807, 2.05) is 6.92 Å². The van der Waals surface area contributed by atoms with Crippen LogP contribution >= 0.6 is 0 Å². The highest BCUT2D eigenvalue weighted by molar-refractivity contribution is 7.91. The van der Waals surface area contributed by atoms with Crippen molar-refractivity contribution in [1.82, 2.24) is 9.55 Å². The van der Waals surface area contributed by atoms with Crippen LogP contribution in [-0.4, -0.2) is 23.9 Å². The summed E-state index contributed by atoms with van der Waals surface area (Å²) >= 11 is 0. The molecule has 174 valence electrons. The van der Waals surface area contributed by atoms with Crippen molar-refractivity contribution in [2.75, 3.05) is 5.32 Å². The Labute approximate surface area is 195 Å². The van der Waals surface area contributed by atoms with Crippen LogP contribution in [0.4, 0.5) is 10.1 Å². The third-order valence-corrected chi connectivity index (χ3v) is 7.31. The highest BCUT2D eigenvalue weighted by Crippen LogP contribution is 2.24. The van der Waals surface area contributed by atoms with E-state index in [9.17, 15) is 22.4 Å². The number of sulfone groups is 1. The van der Waals surface area contributed by atoms with E-state index in [0.717, 1.165) is 11.8 Å². The minimum absolute atomic E-state index is 0.00915. The molecule has 0 bridgehead atoms. The van der Waals surface area contributed by atoms with Gasteiger partial charge in [0.2, 0.25) is 21.2 Å². The van der Waals surface area contributed by atoms with Crippen LogP contribution in [0.25, 0.3) is 11.0 Å². The summed E-state index contributed by atoms with van der Waals surface area (Å²) in [6.07, 6.45) is 1.13. The summed E-state index contributed by atoms with van der Waals surface area (Å²) in [7, 11) is -4.20. The standard InChI is InChI=1S/C25H22FN3O4S/c1-15-8-11-21(16(2)12-15)34(32,33)22-13-29(25-18(24(22)31)10-9-17(3)27-25)14-23(30)28-20-7-5-4-6-19(20)26/h4-13H,14H2,1-3H3,(H,28,30). The van der Waals surface area contributed by atoms with Crippen LogP contribution in [0.5, 0.6) is 0 Å². The Morgan fingerprint density at radius 1 is 1.03 bits per heavy atom. The highest BCUT2D eigenvalue weighted by atomic mass is 32.2. The number of carbonyl (C=O) groups excluding carboxylic acids is 1. The van der Waals surface area contributed by atoms with E-state index in [1.165, 1.54) is 34.9 Å². The first-order valence-corrected chi connectivity index (χ1v) is 11.9. The number of anilines is 1. The molecule has 2 heterocycles. The Kier molecular flexibility index (Phi) is 6.05. The van der Waals surface area contributed by atoms with E-state index in [4.69, 9.17) is 0 Å². The molecule has 0 aliphatic carbocycles. The fourth-order valence-electron chi connectivity index (χ4n) is 3.77. The van der Waals surface area contributed by atoms with Crippen molar-refractivity contribution >= 4 is 32.5 Å². The van der Waals surface area contributed by atoms with Gasteiger partial charge in [-0.2, -0.15) is 0 Å². The van der Waals surface area contributed by atoms with Gasteiger partial charge >= 0.3 is 0 Å². The van der Waals surface area contributed by atoms with Crippen LogP contribution in [0.3, 0.4) is 0 Å². The van der Waals surface area contributed by atoms with Crippen LogP contribution < -0.4 is 10.7 Å². The lowest BCUT2D eigenvalue weighted by Gasteiger charge is -2.15. The number of rotatable bonds is 5. The zero-order chi connectivity index (χ0) is 24.6. The molecule has 1 amide bonds. The molecule has 0 unspecified atom stereocenters. The molecule has 0 atom stereocenters. The second kappa shape index (κ2) is 8.83. The number of hydrogen-bond donors (Lipinski definition) is 1. The molecule has 0 aliphatic rings. The van der Waals surface area contributed by atoms with Gasteiger partial charge < -0.3 is 9.88 Å². The molecular formula is C25H22FN3O4S. The normalized spacial score (nSPS) is 11.5. The predicted octanol–water partition coefficient (Wildman–Crippen LogP) is 3.93. The van der Waals surface area contributed by atoms with Crippen molar-refractivity contribution < 1.29 is 17.6 Å². The summed E-state index contributed by atoms with van der Waals surface area (Å²) in [5.74, 6) is -1.21. The molecular weight excluding hydrogens is 457 g/mol. The van der Waals surface area contributed by atoms with E-state index in [0.29, 0.717) is 11.3 Å².